The van der Waals surface area contributed by atoms with Crippen molar-refractivity contribution in [2.45, 2.75) is 36.3 Å². The fourth-order valence-electron chi connectivity index (χ4n) is 4.02. The summed E-state index contributed by atoms with van der Waals surface area (Å²) in [4.78, 5) is 35.7. The quantitative estimate of drug-likeness (QED) is 0.343. The van der Waals surface area contributed by atoms with Gasteiger partial charge >= 0.3 is 11.5 Å². The molecule has 178 valence electrons. The molecule has 6 nitrogen and oxygen atoms in total. The number of urea groups is 1. The summed E-state index contributed by atoms with van der Waals surface area (Å²) in [6.45, 7) is 3.49. The van der Waals surface area contributed by atoms with Gasteiger partial charge < -0.3 is 9.80 Å². The van der Waals surface area contributed by atoms with Crippen LogP contribution in [0.4, 0.5) is 29.3 Å². The Hall–Kier alpha value is -3.27. The normalized spacial score (nSPS) is 16.0. The van der Waals surface area contributed by atoms with Gasteiger partial charge in [-0.1, -0.05) is 18.2 Å². The van der Waals surface area contributed by atoms with E-state index in [2.05, 4.69) is 4.98 Å². The zero-order valence-corrected chi connectivity index (χ0v) is 19.9. The number of para-hydroxylation sites is 1. The van der Waals surface area contributed by atoms with Gasteiger partial charge in [0.25, 0.3) is 5.91 Å². The highest BCUT2D eigenvalue weighted by Crippen LogP contribution is 2.39. The van der Waals surface area contributed by atoms with Crippen LogP contribution in [0.15, 0.2) is 59.6 Å². The van der Waals surface area contributed by atoms with E-state index in [4.69, 9.17) is 0 Å². The van der Waals surface area contributed by atoms with Gasteiger partial charge in [0.05, 0.1) is 29.6 Å². The lowest BCUT2D eigenvalue weighted by atomic mass is 10.0. The van der Waals surface area contributed by atoms with E-state index in [0.717, 1.165) is 27.1 Å². The molecule has 0 radical (unpaired) electrons. The van der Waals surface area contributed by atoms with Crippen LogP contribution in [0, 0.1) is 0 Å². The van der Waals surface area contributed by atoms with Gasteiger partial charge in [0.2, 0.25) is 0 Å². The Labute approximate surface area is 199 Å². The molecule has 0 unspecified atom stereocenters. The number of fused-ring (bicyclic) bond motifs is 1. The summed E-state index contributed by atoms with van der Waals surface area (Å²) < 4.78 is 38.0. The van der Waals surface area contributed by atoms with Gasteiger partial charge in [0.15, 0.2) is 0 Å². The Morgan fingerprint density at radius 3 is 2.29 bits per heavy atom. The number of amides is 3. The molecule has 0 bridgehead atoms. The van der Waals surface area contributed by atoms with Crippen molar-refractivity contribution < 1.29 is 22.8 Å². The molecule has 0 N–H and O–H groups in total. The number of hydrogen-bond acceptors (Lipinski definition) is 5. The predicted octanol–water partition coefficient (Wildman–Crippen LogP) is 5.66. The smallest absolute Gasteiger partial charge is 0.376 e. The highest BCUT2D eigenvalue weighted by atomic mass is 32.2. The number of nitrogens with zero attached hydrogens (tertiary/aromatic N) is 4. The van der Waals surface area contributed by atoms with E-state index in [9.17, 15) is 22.8 Å². The van der Waals surface area contributed by atoms with Crippen molar-refractivity contribution in [2.24, 2.45) is 0 Å². The third-order valence-electron chi connectivity index (χ3n) is 5.81. The lowest BCUT2D eigenvalue weighted by Crippen LogP contribution is -2.43. The van der Waals surface area contributed by atoms with E-state index in [1.54, 1.807) is 20.0 Å². The molecule has 0 aliphatic carbocycles. The van der Waals surface area contributed by atoms with E-state index in [1.807, 2.05) is 43.3 Å². The third kappa shape index (κ3) is 4.29. The molecule has 2 aromatic carbocycles. The van der Waals surface area contributed by atoms with Crippen LogP contribution >= 0.6 is 11.8 Å². The minimum atomic E-state index is -4.42. The topological polar surface area (TPSA) is 56.8 Å². The maximum Gasteiger partial charge on any atom is 0.446 e. The van der Waals surface area contributed by atoms with Crippen molar-refractivity contribution in [3.05, 3.63) is 60.3 Å². The van der Waals surface area contributed by atoms with Gasteiger partial charge in [0.1, 0.15) is 5.54 Å². The maximum absolute atomic E-state index is 13.5. The van der Waals surface area contributed by atoms with Crippen molar-refractivity contribution in [2.75, 3.05) is 23.9 Å². The number of aromatic nitrogens is 1. The van der Waals surface area contributed by atoms with Crippen LogP contribution in [0.25, 0.3) is 10.9 Å². The number of carbonyl (C=O) groups excluding carboxylic acids is 2. The standard InChI is InChI=1S/C24H23F3N4O2S/c1-23(2)21(32)31(15-9-11-16(12-10-15)34-24(25,26)27)22(33)30(23)14-18-17-7-5-6-8-19(17)28-13-20(18)29(3)4/h5-13H,14H2,1-4H3. The van der Waals surface area contributed by atoms with Gasteiger partial charge in [-0.15, -0.1) is 0 Å². The van der Waals surface area contributed by atoms with E-state index in [0.29, 0.717) is 0 Å². The molecule has 1 aliphatic rings. The summed E-state index contributed by atoms with van der Waals surface area (Å²) in [5, 5.41) is 0.872. The number of carbonyl (C=O) groups is 2. The maximum atomic E-state index is 13.5. The number of thioether (sulfide) groups is 1. The number of anilines is 2. The molecule has 4 rings (SSSR count). The fourth-order valence-corrected chi connectivity index (χ4v) is 4.56. The minimum Gasteiger partial charge on any atom is -0.376 e. The summed E-state index contributed by atoms with van der Waals surface area (Å²) in [5.74, 6) is -0.446. The molecule has 10 heteroatoms. The Kier molecular flexibility index (Phi) is 5.97. The first-order valence-electron chi connectivity index (χ1n) is 10.5. The van der Waals surface area contributed by atoms with Gasteiger partial charge in [-0.25, -0.2) is 9.69 Å². The second-order valence-electron chi connectivity index (χ2n) is 8.64. The lowest BCUT2D eigenvalue weighted by molar-refractivity contribution is -0.123. The molecule has 1 fully saturated rings. The van der Waals surface area contributed by atoms with Crippen LogP contribution in [-0.2, 0) is 11.3 Å². The molecule has 0 spiro atoms. The van der Waals surface area contributed by atoms with Crippen molar-refractivity contribution in [3.8, 4) is 0 Å². The molecule has 0 atom stereocenters. The highest BCUT2D eigenvalue weighted by Gasteiger charge is 2.52. The number of benzene rings is 2. The number of alkyl halides is 3. The summed E-state index contributed by atoms with van der Waals surface area (Å²) in [5.41, 5.74) is -2.91. The van der Waals surface area contributed by atoms with Crippen molar-refractivity contribution >= 4 is 46.0 Å². The molecule has 2 heterocycles. The van der Waals surface area contributed by atoms with Gasteiger partial charge in [-0.05, 0) is 55.9 Å². The zero-order chi connectivity index (χ0) is 24.8. The van der Waals surface area contributed by atoms with Crippen LogP contribution in [0.1, 0.15) is 19.4 Å². The first-order chi connectivity index (χ1) is 15.9. The van der Waals surface area contributed by atoms with Crippen LogP contribution in [0.5, 0.6) is 0 Å². The van der Waals surface area contributed by atoms with Crippen LogP contribution in [-0.4, -0.2) is 47.0 Å². The van der Waals surface area contributed by atoms with Gasteiger partial charge in [-0.2, -0.15) is 13.2 Å². The molecular weight excluding hydrogens is 465 g/mol. The molecule has 34 heavy (non-hydrogen) atoms. The second-order valence-corrected chi connectivity index (χ2v) is 9.78. The van der Waals surface area contributed by atoms with Gasteiger partial charge in [-0.3, -0.25) is 9.78 Å². The van der Waals surface area contributed by atoms with E-state index in [-0.39, 0.29) is 28.9 Å². The monoisotopic (exact) mass is 488 g/mol. The number of rotatable bonds is 5. The van der Waals surface area contributed by atoms with E-state index < -0.39 is 23.0 Å². The van der Waals surface area contributed by atoms with Crippen molar-refractivity contribution in [1.29, 1.82) is 0 Å². The van der Waals surface area contributed by atoms with Crippen molar-refractivity contribution in [1.82, 2.24) is 9.88 Å². The third-order valence-corrected chi connectivity index (χ3v) is 6.55. The number of pyridine rings is 1. The fraction of sp³-hybridized carbons (Fsp3) is 0.292. The molecule has 1 aliphatic heterocycles. The first-order valence-corrected chi connectivity index (χ1v) is 11.3. The Morgan fingerprint density at radius 2 is 1.68 bits per heavy atom. The number of hydrogen-bond donors (Lipinski definition) is 0. The van der Waals surface area contributed by atoms with Crippen LogP contribution in [0.2, 0.25) is 0 Å². The zero-order valence-electron chi connectivity index (χ0n) is 19.1. The molecule has 3 amide bonds. The Morgan fingerprint density at radius 1 is 1.03 bits per heavy atom. The summed E-state index contributed by atoms with van der Waals surface area (Å²) in [7, 11) is 3.76. The molecule has 0 saturated carbocycles. The van der Waals surface area contributed by atoms with E-state index >= 15 is 0 Å². The summed E-state index contributed by atoms with van der Waals surface area (Å²) in [6, 6.07) is 12.3. The van der Waals surface area contributed by atoms with Crippen LogP contribution < -0.4 is 9.80 Å². The summed E-state index contributed by atoms with van der Waals surface area (Å²) >= 11 is -0.248. The highest BCUT2D eigenvalue weighted by molar-refractivity contribution is 8.00. The summed E-state index contributed by atoms with van der Waals surface area (Å²) in [6.07, 6.45) is 1.74. The van der Waals surface area contributed by atoms with Crippen LogP contribution in [0.3, 0.4) is 0 Å². The van der Waals surface area contributed by atoms with E-state index in [1.165, 1.54) is 29.2 Å². The minimum absolute atomic E-state index is 0.0228. The Bertz CT molecular complexity index is 1260. The SMILES string of the molecule is CN(C)c1cnc2ccccc2c1CN1C(=O)N(c2ccc(SC(F)(F)F)cc2)C(=O)C1(C)C. The average Bonchev–Trinajstić information content (AvgIpc) is 2.92. The molecule has 1 saturated heterocycles. The molecule has 1 aromatic heterocycles. The first kappa shape index (κ1) is 23.9. The number of imide groups is 1. The average molecular weight is 489 g/mol. The number of halogens is 3. The molecular formula is C24H23F3N4O2S. The van der Waals surface area contributed by atoms with Crippen molar-refractivity contribution in [3.63, 3.8) is 0 Å². The van der Waals surface area contributed by atoms with Gasteiger partial charge in [0, 0.05) is 29.9 Å². The predicted molar refractivity (Wildman–Crippen MR) is 127 cm³/mol. The lowest BCUT2D eigenvalue weighted by Gasteiger charge is -2.30. The second kappa shape index (κ2) is 8.50. The largest absolute Gasteiger partial charge is 0.446 e. The molecule has 3 aromatic rings. The Balaban J connectivity index is 1.71.